The van der Waals surface area contributed by atoms with E-state index in [1.165, 1.54) is 0 Å². The van der Waals surface area contributed by atoms with Crippen molar-refractivity contribution in [3.05, 3.63) is 20.9 Å². The quantitative estimate of drug-likeness (QED) is 0.0161. The van der Waals surface area contributed by atoms with Crippen molar-refractivity contribution in [3.8, 4) is 0 Å². The molecule has 0 fully saturated rings. The lowest BCUT2D eigenvalue weighted by atomic mass is 10.0. The van der Waals surface area contributed by atoms with E-state index in [4.69, 9.17) is 58.4 Å². The third-order valence-electron chi connectivity index (χ3n) is 6.40. The number of aliphatic hydroxyl groups excluding tert-OH is 4. The Kier molecular flexibility index (Phi) is 37.5. The van der Waals surface area contributed by atoms with Crippen molar-refractivity contribution >= 4 is 11.8 Å². The van der Waals surface area contributed by atoms with Crippen LogP contribution < -0.4 is 10.6 Å². The van der Waals surface area contributed by atoms with Crippen LogP contribution in [0.25, 0.3) is 20.9 Å². The molecule has 0 aliphatic carbocycles. The van der Waals surface area contributed by atoms with Crippen LogP contribution in [0.4, 0.5) is 0 Å². The van der Waals surface area contributed by atoms with E-state index in [1.807, 2.05) is 0 Å². The zero-order valence-electron chi connectivity index (χ0n) is 30.7. The molecule has 0 aliphatic heterocycles. The molecule has 0 spiro atoms. The van der Waals surface area contributed by atoms with Crippen molar-refractivity contribution in [2.24, 2.45) is 10.2 Å². The van der Waals surface area contributed by atoms with Crippen molar-refractivity contribution in [1.29, 1.82) is 0 Å². The normalized spacial score (nSPS) is 13.3. The van der Waals surface area contributed by atoms with Gasteiger partial charge in [0.05, 0.1) is 132 Å². The van der Waals surface area contributed by atoms with Crippen molar-refractivity contribution in [2.75, 3.05) is 158 Å². The number of rotatable bonds is 41. The third-order valence-corrected chi connectivity index (χ3v) is 6.40. The highest BCUT2D eigenvalue weighted by atomic mass is 16.6. The number of hydrogen-bond acceptors (Lipinski definition) is 18. The first-order valence-electron chi connectivity index (χ1n) is 17.4. The van der Waals surface area contributed by atoms with Crippen LogP contribution in [0, 0.1) is 0 Å². The van der Waals surface area contributed by atoms with E-state index in [2.05, 4.69) is 30.7 Å². The van der Waals surface area contributed by atoms with Crippen LogP contribution in [0.15, 0.2) is 10.2 Å². The second kappa shape index (κ2) is 39.7. The maximum atomic E-state index is 12.1. The number of hydrogen-bond donors (Lipinski definition) is 6. The smallest absolute Gasteiger partial charge is 0.251 e. The molecule has 0 aliphatic rings. The van der Waals surface area contributed by atoms with Crippen LogP contribution in [0.2, 0.25) is 0 Å². The predicted molar refractivity (Wildman–Crippen MR) is 186 cm³/mol. The van der Waals surface area contributed by atoms with Crippen LogP contribution in [-0.4, -0.2) is 215 Å². The minimum absolute atomic E-state index is 0.0287. The predicted octanol–water partition coefficient (Wildman–Crippen LogP) is -2.55. The van der Waals surface area contributed by atoms with Gasteiger partial charge in [0.1, 0.15) is 12.2 Å². The molecule has 0 aromatic rings. The first-order valence-corrected chi connectivity index (χ1v) is 17.4. The lowest BCUT2D eigenvalue weighted by Gasteiger charge is -2.25. The molecule has 0 aromatic heterocycles. The molecule has 0 heterocycles. The van der Waals surface area contributed by atoms with Gasteiger partial charge in [-0.3, -0.25) is 9.59 Å². The van der Waals surface area contributed by atoms with Gasteiger partial charge in [-0.25, -0.2) is 0 Å². The van der Waals surface area contributed by atoms with Crippen LogP contribution in [-0.2, 0) is 57.0 Å². The van der Waals surface area contributed by atoms with E-state index >= 15 is 0 Å². The Hall–Kier alpha value is -3.00. The molecule has 0 radical (unpaired) electrons. The number of ether oxygens (including phenoxy) is 10. The number of carbonyl (C=O) groups is 2. The highest BCUT2D eigenvalue weighted by Crippen LogP contribution is 2.06. The number of amides is 2. The standard InChI is InChI=1S/C30H58N8O16/c31-37-35-3-7-47-11-15-51-19-23-53-21-17-49-13-9-45-5-1-33-29(43)27(41)25(39)26(40)28(42)30(44)34-2-6-46-10-14-50-18-22-54-24-20-52-16-12-48-8-4-36-38-32/h25-28,39-42H,1-24H2,(H,33,43)(H,34,44)/t25-,26+,27+,28-. The molecule has 6 N–H and O–H groups in total. The molecular formula is C30H58N8O16. The minimum Gasteiger partial charge on any atom is -0.387 e. The van der Waals surface area contributed by atoms with Gasteiger partial charge in [-0.2, -0.15) is 0 Å². The topological polar surface area (TPSA) is 329 Å². The summed E-state index contributed by atoms with van der Waals surface area (Å²) in [5, 5.41) is 51.7. The maximum Gasteiger partial charge on any atom is 0.251 e. The van der Waals surface area contributed by atoms with Gasteiger partial charge >= 0.3 is 0 Å². The highest BCUT2D eigenvalue weighted by molar-refractivity contribution is 5.83. The molecule has 54 heavy (non-hydrogen) atoms. The zero-order chi connectivity index (χ0) is 39.7. The number of carbonyl (C=O) groups excluding carboxylic acids is 2. The van der Waals surface area contributed by atoms with Crippen LogP contribution >= 0.6 is 0 Å². The molecule has 314 valence electrons. The number of azide groups is 2. The Morgan fingerprint density at radius 2 is 0.648 bits per heavy atom. The van der Waals surface area contributed by atoms with Gasteiger partial charge in [0, 0.05) is 36.0 Å². The Morgan fingerprint density at radius 1 is 0.426 bits per heavy atom. The molecule has 0 aromatic carbocycles. The van der Waals surface area contributed by atoms with E-state index in [0.29, 0.717) is 92.5 Å². The van der Waals surface area contributed by atoms with Crippen molar-refractivity contribution in [2.45, 2.75) is 24.4 Å². The average Bonchev–Trinajstić information content (AvgIpc) is 3.18. The van der Waals surface area contributed by atoms with Gasteiger partial charge in [-0.05, 0) is 11.1 Å². The van der Waals surface area contributed by atoms with E-state index < -0.39 is 36.2 Å². The molecule has 0 bridgehead atoms. The molecule has 24 heteroatoms. The van der Waals surface area contributed by atoms with E-state index in [0.717, 1.165) is 0 Å². The number of nitrogens with one attached hydrogen (secondary N) is 2. The largest absolute Gasteiger partial charge is 0.387 e. The first kappa shape index (κ1) is 51.0. The Morgan fingerprint density at radius 3 is 0.889 bits per heavy atom. The van der Waals surface area contributed by atoms with Crippen molar-refractivity contribution in [1.82, 2.24) is 10.6 Å². The van der Waals surface area contributed by atoms with Gasteiger partial charge in [-0.15, -0.1) is 0 Å². The monoisotopic (exact) mass is 786 g/mol. The van der Waals surface area contributed by atoms with Gasteiger partial charge in [0.15, 0.2) is 12.2 Å². The van der Waals surface area contributed by atoms with Gasteiger partial charge in [0.25, 0.3) is 11.8 Å². The SMILES string of the molecule is [N-]=[N+]=NCCOCCOCCOCCOCCOCCNC(=O)[C@@H](O)[C@H](O)[C@H](O)[C@@H](O)C(=O)NCCOCCOCCOCCOCCOCCN=[N+]=[N-]. The second-order valence-corrected chi connectivity index (χ2v) is 10.5. The summed E-state index contributed by atoms with van der Waals surface area (Å²) in [7, 11) is 0. The molecule has 4 atom stereocenters. The first-order chi connectivity index (χ1) is 26.4. The fraction of sp³-hybridized carbons (Fsp3) is 0.933. The highest BCUT2D eigenvalue weighted by Gasteiger charge is 2.37. The van der Waals surface area contributed by atoms with Crippen LogP contribution in [0.3, 0.4) is 0 Å². The molecule has 0 rings (SSSR count). The summed E-state index contributed by atoms with van der Waals surface area (Å²) in [4.78, 5) is 29.5. The van der Waals surface area contributed by atoms with E-state index in [9.17, 15) is 30.0 Å². The summed E-state index contributed by atoms with van der Waals surface area (Å²) in [6, 6.07) is 0. The third kappa shape index (κ3) is 32.4. The molecule has 0 saturated carbocycles. The molecule has 0 unspecified atom stereocenters. The Labute approximate surface area is 313 Å². The summed E-state index contributed by atoms with van der Waals surface area (Å²) in [5.74, 6) is -2.08. The molecule has 24 nitrogen and oxygen atoms in total. The summed E-state index contributed by atoms with van der Waals surface area (Å²) in [5.41, 5.74) is 16.3. The van der Waals surface area contributed by atoms with Crippen molar-refractivity contribution in [3.63, 3.8) is 0 Å². The average molecular weight is 787 g/mol. The second-order valence-electron chi connectivity index (χ2n) is 10.5. The zero-order valence-corrected chi connectivity index (χ0v) is 30.7. The number of aliphatic hydroxyl groups is 4. The summed E-state index contributed by atoms with van der Waals surface area (Å²) >= 11 is 0. The van der Waals surface area contributed by atoms with Crippen LogP contribution in [0.1, 0.15) is 0 Å². The Balaban J connectivity index is 3.69. The minimum atomic E-state index is -2.16. The van der Waals surface area contributed by atoms with Gasteiger partial charge in [-0.1, -0.05) is 10.2 Å². The van der Waals surface area contributed by atoms with Crippen molar-refractivity contribution < 1.29 is 77.4 Å². The lowest BCUT2D eigenvalue weighted by molar-refractivity contribution is -0.155. The maximum absolute atomic E-state index is 12.1. The molecule has 2 amide bonds. The summed E-state index contributed by atoms with van der Waals surface area (Å²) in [6.07, 6.45) is -8.57. The summed E-state index contributed by atoms with van der Waals surface area (Å²) < 4.78 is 53.1. The van der Waals surface area contributed by atoms with Crippen LogP contribution in [0.5, 0.6) is 0 Å². The fourth-order valence-electron chi connectivity index (χ4n) is 3.65. The molecule has 0 saturated heterocycles. The fourth-order valence-corrected chi connectivity index (χ4v) is 3.65. The Bertz CT molecular complexity index is 921. The number of nitrogens with zero attached hydrogens (tertiary/aromatic N) is 6. The summed E-state index contributed by atoms with van der Waals surface area (Å²) in [6.45, 7) is 6.80. The van der Waals surface area contributed by atoms with Gasteiger partial charge in [0.2, 0.25) is 0 Å². The van der Waals surface area contributed by atoms with E-state index in [-0.39, 0.29) is 65.8 Å². The van der Waals surface area contributed by atoms with Gasteiger partial charge < -0.3 is 78.4 Å². The lowest BCUT2D eigenvalue weighted by Crippen LogP contribution is -2.54. The van der Waals surface area contributed by atoms with E-state index in [1.54, 1.807) is 0 Å². The molecular weight excluding hydrogens is 728 g/mol.